The third-order valence-corrected chi connectivity index (χ3v) is 5.45. The fraction of sp³-hybridized carbons (Fsp3) is 0.429. The van der Waals surface area contributed by atoms with Gasteiger partial charge in [0.05, 0.1) is 17.3 Å². The van der Waals surface area contributed by atoms with E-state index in [2.05, 4.69) is 14.9 Å². The Hall–Kier alpha value is -2.61. The second-order valence-corrected chi connectivity index (χ2v) is 7.48. The van der Waals surface area contributed by atoms with E-state index in [4.69, 9.17) is 4.42 Å². The predicted molar refractivity (Wildman–Crippen MR) is 102 cm³/mol. The van der Waals surface area contributed by atoms with Crippen molar-refractivity contribution in [2.75, 3.05) is 6.54 Å². The first-order valence-electron chi connectivity index (χ1n) is 9.68. The number of hydrogen-bond donors (Lipinski definition) is 0. The van der Waals surface area contributed by atoms with Gasteiger partial charge in [0.1, 0.15) is 11.6 Å². The van der Waals surface area contributed by atoms with Crippen LogP contribution in [0, 0.1) is 6.92 Å². The van der Waals surface area contributed by atoms with Crippen molar-refractivity contribution in [1.82, 2.24) is 19.4 Å². The van der Waals surface area contributed by atoms with Crippen LogP contribution in [0.3, 0.4) is 0 Å². The summed E-state index contributed by atoms with van der Waals surface area (Å²) in [5.41, 5.74) is 0.366. The summed E-state index contributed by atoms with van der Waals surface area (Å²) < 4.78 is 46.8. The lowest BCUT2D eigenvalue weighted by atomic mass is 10.0. The maximum atomic E-state index is 13.0. The van der Waals surface area contributed by atoms with Gasteiger partial charge < -0.3 is 8.98 Å². The van der Waals surface area contributed by atoms with E-state index in [0.29, 0.717) is 17.9 Å². The second kappa shape index (κ2) is 7.67. The molecule has 2 aromatic heterocycles. The Bertz CT molecular complexity index is 992. The summed E-state index contributed by atoms with van der Waals surface area (Å²) in [6.07, 6.45) is 2.59. The van der Waals surface area contributed by atoms with E-state index >= 15 is 0 Å². The molecule has 4 rings (SSSR count). The Kier molecular flexibility index (Phi) is 5.21. The van der Waals surface area contributed by atoms with Gasteiger partial charge in [0, 0.05) is 31.5 Å². The van der Waals surface area contributed by atoms with Crippen molar-refractivity contribution in [2.24, 2.45) is 7.05 Å². The number of hydrogen-bond acceptors (Lipinski definition) is 4. The molecule has 154 valence electrons. The van der Waals surface area contributed by atoms with Crippen molar-refractivity contribution in [3.05, 3.63) is 59.5 Å². The van der Waals surface area contributed by atoms with Gasteiger partial charge in [-0.3, -0.25) is 4.90 Å². The maximum absolute atomic E-state index is 13.0. The minimum Gasteiger partial charge on any atom is -0.441 e. The number of alkyl halides is 3. The maximum Gasteiger partial charge on any atom is 0.416 e. The summed E-state index contributed by atoms with van der Waals surface area (Å²) in [5, 5.41) is 0. The average molecular weight is 404 g/mol. The molecule has 3 heterocycles. The molecule has 0 aliphatic carbocycles. The van der Waals surface area contributed by atoms with Crippen LogP contribution in [0.1, 0.15) is 48.1 Å². The molecule has 1 aliphatic rings. The first kappa shape index (κ1) is 19.7. The normalized spacial score (nSPS) is 18.3. The molecule has 1 aromatic carbocycles. The number of benzene rings is 1. The Morgan fingerprint density at radius 3 is 2.79 bits per heavy atom. The molecule has 8 heteroatoms. The Balaban J connectivity index is 1.59. The number of oxazole rings is 1. The highest BCUT2D eigenvalue weighted by Crippen LogP contribution is 2.34. The fourth-order valence-electron chi connectivity index (χ4n) is 3.89. The lowest BCUT2D eigenvalue weighted by Crippen LogP contribution is -2.34. The first-order chi connectivity index (χ1) is 13.8. The highest BCUT2D eigenvalue weighted by atomic mass is 19.4. The van der Waals surface area contributed by atoms with E-state index in [1.165, 1.54) is 6.07 Å². The Labute approximate surface area is 167 Å². The molecule has 1 saturated heterocycles. The van der Waals surface area contributed by atoms with Crippen molar-refractivity contribution >= 4 is 0 Å². The number of aryl methyl sites for hydroxylation is 2. The van der Waals surface area contributed by atoms with Gasteiger partial charge in [-0.2, -0.15) is 13.2 Å². The van der Waals surface area contributed by atoms with Crippen LogP contribution in [0.4, 0.5) is 13.2 Å². The van der Waals surface area contributed by atoms with Crippen molar-refractivity contribution in [2.45, 2.75) is 44.9 Å². The van der Waals surface area contributed by atoms with Gasteiger partial charge >= 0.3 is 6.18 Å². The van der Waals surface area contributed by atoms with Gasteiger partial charge in [-0.1, -0.05) is 12.5 Å². The van der Waals surface area contributed by atoms with Crippen molar-refractivity contribution < 1.29 is 17.6 Å². The third-order valence-electron chi connectivity index (χ3n) is 5.45. The SMILES string of the molecule is Cc1oc(-c2cccc(C(F)(F)F)c2)nc1CN1CCCCC1c1nccn1C. The van der Waals surface area contributed by atoms with Crippen LogP contribution in [0.15, 0.2) is 41.1 Å². The summed E-state index contributed by atoms with van der Waals surface area (Å²) in [7, 11) is 1.99. The van der Waals surface area contributed by atoms with Crippen molar-refractivity contribution in [3.8, 4) is 11.5 Å². The largest absolute Gasteiger partial charge is 0.441 e. The topological polar surface area (TPSA) is 47.1 Å². The lowest BCUT2D eigenvalue weighted by Gasteiger charge is -2.34. The van der Waals surface area contributed by atoms with E-state index in [0.717, 1.165) is 49.5 Å². The number of rotatable bonds is 4. The Morgan fingerprint density at radius 1 is 1.24 bits per heavy atom. The smallest absolute Gasteiger partial charge is 0.416 e. The van der Waals surface area contributed by atoms with Crippen LogP contribution in [-0.2, 0) is 19.8 Å². The summed E-state index contributed by atoms with van der Waals surface area (Å²) in [4.78, 5) is 11.4. The van der Waals surface area contributed by atoms with Gasteiger partial charge in [0.25, 0.3) is 0 Å². The molecule has 0 saturated carbocycles. The van der Waals surface area contributed by atoms with Crippen molar-refractivity contribution in [1.29, 1.82) is 0 Å². The zero-order valence-corrected chi connectivity index (χ0v) is 16.4. The zero-order chi connectivity index (χ0) is 20.6. The molecule has 1 fully saturated rings. The highest BCUT2D eigenvalue weighted by Gasteiger charge is 2.31. The predicted octanol–water partition coefficient (Wildman–Crippen LogP) is 5.13. The van der Waals surface area contributed by atoms with Crippen LogP contribution in [0.25, 0.3) is 11.5 Å². The number of aromatic nitrogens is 3. The molecular weight excluding hydrogens is 381 g/mol. The van der Waals surface area contributed by atoms with Gasteiger partial charge in [0.15, 0.2) is 0 Å². The standard InChI is InChI=1S/C21H23F3N4O/c1-14-17(13-28-10-4-3-8-18(28)19-25-9-11-27(19)2)26-20(29-14)15-6-5-7-16(12-15)21(22,23)24/h5-7,9,11-12,18H,3-4,8,10,13H2,1-2H3. The molecule has 1 atom stereocenters. The Morgan fingerprint density at radius 2 is 2.07 bits per heavy atom. The third kappa shape index (κ3) is 4.07. The molecule has 5 nitrogen and oxygen atoms in total. The number of halogens is 3. The van der Waals surface area contributed by atoms with E-state index in [-0.39, 0.29) is 11.9 Å². The second-order valence-electron chi connectivity index (χ2n) is 7.48. The molecule has 0 bridgehead atoms. The number of nitrogens with zero attached hydrogens (tertiary/aromatic N) is 4. The molecule has 1 aliphatic heterocycles. The van der Waals surface area contributed by atoms with Gasteiger partial charge in [-0.05, 0) is 44.5 Å². The van der Waals surface area contributed by atoms with Crippen LogP contribution in [0.2, 0.25) is 0 Å². The van der Waals surface area contributed by atoms with Crippen LogP contribution in [-0.4, -0.2) is 26.0 Å². The van der Waals surface area contributed by atoms with E-state index in [1.54, 1.807) is 19.2 Å². The van der Waals surface area contributed by atoms with E-state index in [1.807, 2.05) is 17.8 Å². The van der Waals surface area contributed by atoms with Crippen molar-refractivity contribution in [3.63, 3.8) is 0 Å². The van der Waals surface area contributed by atoms with Crippen LogP contribution in [0.5, 0.6) is 0 Å². The summed E-state index contributed by atoms with van der Waals surface area (Å²) in [6, 6.07) is 5.27. The molecule has 29 heavy (non-hydrogen) atoms. The minimum absolute atomic E-state index is 0.192. The van der Waals surface area contributed by atoms with E-state index in [9.17, 15) is 13.2 Å². The zero-order valence-electron chi connectivity index (χ0n) is 16.4. The number of likely N-dealkylation sites (tertiary alicyclic amines) is 1. The molecule has 0 radical (unpaired) electrons. The first-order valence-corrected chi connectivity index (χ1v) is 9.68. The highest BCUT2D eigenvalue weighted by molar-refractivity contribution is 5.55. The van der Waals surface area contributed by atoms with Crippen LogP contribution < -0.4 is 0 Å². The molecule has 3 aromatic rings. The average Bonchev–Trinajstić information content (AvgIpc) is 3.27. The summed E-state index contributed by atoms with van der Waals surface area (Å²) in [6.45, 7) is 3.30. The molecule has 0 spiro atoms. The number of imidazole rings is 1. The van der Waals surface area contributed by atoms with Gasteiger partial charge in [0.2, 0.25) is 5.89 Å². The molecule has 0 amide bonds. The molecule has 0 N–H and O–H groups in total. The quantitative estimate of drug-likeness (QED) is 0.605. The molecular formula is C21H23F3N4O. The monoisotopic (exact) mass is 404 g/mol. The number of piperidine rings is 1. The fourth-order valence-corrected chi connectivity index (χ4v) is 3.89. The van der Waals surface area contributed by atoms with Gasteiger partial charge in [-0.25, -0.2) is 9.97 Å². The summed E-state index contributed by atoms with van der Waals surface area (Å²) in [5.74, 6) is 1.86. The lowest BCUT2D eigenvalue weighted by molar-refractivity contribution is -0.137. The van der Waals surface area contributed by atoms with Gasteiger partial charge in [-0.15, -0.1) is 0 Å². The summed E-state index contributed by atoms with van der Waals surface area (Å²) >= 11 is 0. The van der Waals surface area contributed by atoms with Crippen LogP contribution >= 0.6 is 0 Å². The van der Waals surface area contributed by atoms with E-state index < -0.39 is 11.7 Å². The molecule has 1 unspecified atom stereocenters. The minimum atomic E-state index is -4.40.